The summed E-state index contributed by atoms with van der Waals surface area (Å²) in [5, 5.41) is 8.30. The summed E-state index contributed by atoms with van der Waals surface area (Å²) in [6.45, 7) is 2.66. The molecule has 154 valence electrons. The number of halogens is 2. The van der Waals surface area contributed by atoms with Gasteiger partial charge in [0.15, 0.2) is 0 Å². The molecule has 2 N–H and O–H groups in total. The van der Waals surface area contributed by atoms with Crippen LogP contribution in [0.1, 0.15) is 5.56 Å². The van der Waals surface area contributed by atoms with E-state index in [-0.39, 0.29) is 0 Å². The lowest BCUT2D eigenvalue weighted by Crippen LogP contribution is -2.37. The topological polar surface area (TPSA) is 87.6 Å². The first kappa shape index (κ1) is 20.3. The average molecular weight is 444 g/mol. The summed E-state index contributed by atoms with van der Waals surface area (Å²) in [5.41, 5.74) is 4.41. The molecule has 10 heteroatoms. The van der Waals surface area contributed by atoms with Crippen LogP contribution in [0.15, 0.2) is 53.6 Å². The minimum Gasteiger partial charge on any atom is -0.378 e. The fraction of sp³-hybridized carbons (Fsp3) is 0.200. The quantitative estimate of drug-likeness (QED) is 0.435. The number of hydrogen-bond donors (Lipinski definition) is 2. The van der Waals surface area contributed by atoms with Crippen molar-refractivity contribution >= 4 is 52.9 Å². The van der Waals surface area contributed by atoms with Crippen LogP contribution in [0, 0.1) is 0 Å². The molecule has 1 aromatic heterocycles. The predicted octanol–water partition coefficient (Wildman–Crippen LogP) is 4.20. The van der Waals surface area contributed by atoms with Crippen LogP contribution in [0.25, 0.3) is 0 Å². The Morgan fingerprint density at radius 3 is 2.50 bits per heavy atom. The summed E-state index contributed by atoms with van der Waals surface area (Å²) in [7, 11) is 0. The summed E-state index contributed by atoms with van der Waals surface area (Å²) in [6.07, 6.45) is 1.57. The second-order valence-electron chi connectivity index (χ2n) is 6.39. The molecule has 3 aromatic rings. The van der Waals surface area contributed by atoms with Gasteiger partial charge in [-0.1, -0.05) is 53.5 Å². The monoisotopic (exact) mass is 443 g/mol. The molecule has 0 aliphatic carbocycles. The average Bonchev–Trinajstić information content (AvgIpc) is 2.78. The van der Waals surface area contributed by atoms with Gasteiger partial charge in [0, 0.05) is 24.3 Å². The molecule has 1 aliphatic rings. The number of ether oxygens (including phenoxy) is 1. The Kier molecular flexibility index (Phi) is 6.58. The van der Waals surface area contributed by atoms with Gasteiger partial charge in [0.1, 0.15) is 0 Å². The molecule has 4 rings (SSSR count). The van der Waals surface area contributed by atoms with E-state index in [0.29, 0.717) is 59.8 Å². The van der Waals surface area contributed by atoms with Crippen LogP contribution in [0.2, 0.25) is 10.0 Å². The fourth-order valence-electron chi connectivity index (χ4n) is 2.81. The molecule has 0 unspecified atom stereocenters. The minimum absolute atomic E-state index is 0.305. The maximum absolute atomic E-state index is 6.20. The Bertz CT molecular complexity index is 1030. The van der Waals surface area contributed by atoms with Crippen molar-refractivity contribution in [2.75, 3.05) is 41.9 Å². The molecule has 0 amide bonds. The van der Waals surface area contributed by atoms with Gasteiger partial charge in [-0.15, -0.1) is 0 Å². The lowest BCUT2D eigenvalue weighted by molar-refractivity contribution is 0.122. The summed E-state index contributed by atoms with van der Waals surface area (Å²) >= 11 is 12.2. The lowest BCUT2D eigenvalue weighted by Gasteiger charge is -2.27. The van der Waals surface area contributed by atoms with Crippen molar-refractivity contribution in [3.05, 3.63) is 64.1 Å². The van der Waals surface area contributed by atoms with Gasteiger partial charge < -0.3 is 15.0 Å². The zero-order valence-corrected chi connectivity index (χ0v) is 17.4. The van der Waals surface area contributed by atoms with Crippen molar-refractivity contribution in [3.8, 4) is 0 Å². The molecule has 0 spiro atoms. The van der Waals surface area contributed by atoms with Crippen LogP contribution in [0.3, 0.4) is 0 Å². The number of aromatic nitrogens is 3. The molecule has 30 heavy (non-hydrogen) atoms. The van der Waals surface area contributed by atoms with Gasteiger partial charge in [-0.3, -0.25) is 0 Å². The third-order valence-electron chi connectivity index (χ3n) is 4.30. The Labute approximate surface area is 183 Å². The second-order valence-corrected chi connectivity index (χ2v) is 7.17. The zero-order valence-electron chi connectivity index (χ0n) is 15.9. The van der Waals surface area contributed by atoms with E-state index in [1.54, 1.807) is 18.3 Å². The number of para-hydroxylation sites is 1. The SMILES string of the molecule is Clc1cccc(C=NNc2nc(Nc3ccccc3)nc(N3CCOCC3)n2)c1Cl. The highest BCUT2D eigenvalue weighted by Gasteiger charge is 2.16. The molecule has 0 atom stereocenters. The maximum atomic E-state index is 6.20. The highest BCUT2D eigenvalue weighted by molar-refractivity contribution is 6.43. The number of hydrogen-bond acceptors (Lipinski definition) is 8. The van der Waals surface area contributed by atoms with Crippen molar-refractivity contribution in [1.29, 1.82) is 0 Å². The van der Waals surface area contributed by atoms with E-state index in [4.69, 9.17) is 27.9 Å². The van der Waals surface area contributed by atoms with Gasteiger partial charge in [-0.2, -0.15) is 20.1 Å². The van der Waals surface area contributed by atoms with Crippen LogP contribution in [0.4, 0.5) is 23.5 Å². The molecular formula is C20H19Cl2N7O. The molecule has 1 fully saturated rings. The number of rotatable bonds is 6. The number of morpholine rings is 1. The zero-order chi connectivity index (χ0) is 20.8. The highest BCUT2D eigenvalue weighted by Crippen LogP contribution is 2.24. The Hall–Kier alpha value is -2.94. The van der Waals surface area contributed by atoms with E-state index >= 15 is 0 Å². The van der Waals surface area contributed by atoms with Crippen LogP contribution in [-0.2, 0) is 4.74 Å². The Morgan fingerprint density at radius 2 is 1.70 bits per heavy atom. The van der Waals surface area contributed by atoms with E-state index in [9.17, 15) is 0 Å². The van der Waals surface area contributed by atoms with E-state index < -0.39 is 0 Å². The van der Waals surface area contributed by atoms with Crippen molar-refractivity contribution in [2.45, 2.75) is 0 Å². The van der Waals surface area contributed by atoms with E-state index in [0.717, 1.165) is 5.69 Å². The van der Waals surface area contributed by atoms with E-state index in [1.807, 2.05) is 41.3 Å². The molecule has 0 saturated carbocycles. The molecule has 0 bridgehead atoms. The highest BCUT2D eigenvalue weighted by atomic mass is 35.5. The van der Waals surface area contributed by atoms with Crippen molar-refractivity contribution < 1.29 is 4.74 Å². The largest absolute Gasteiger partial charge is 0.378 e. The number of nitrogens with one attached hydrogen (secondary N) is 2. The number of anilines is 4. The van der Waals surface area contributed by atoms with Crippen molar-refractivity contribution in [1.82, 2.24) is 15.0 Å². The van der Waals surface area contributed by atoms with Crippen LogP contribution in [0.5, 0.6) is 0 Å². The number of nitrogens with zero attached hydrogens (tertiary/aromatic N) is 5. The van der Waals surface area contributed by atoms with Crippen molar-refractivity contribution in [2.24, 2.45) is 5.10 Å². The summed E-state index contributed by atoms with van der Waals surface area (Å²) in [5.74, 6) is 1.26. The van der Waals surface area contributed by atoms with E-state index in [1.165, 1.54) is 0 Å². The van der Waals surface area contributed by atoms with Crippen LogP contribution in [-0.4, -0.2) is 47.5 Å². The van der Waals surface area contributed by atoms with Crippen LogP contribution < -0.4 is 15.6 Å². The number of hydrazone groups is 1. The molecule has 2 aromatic carbocycles. The van der Waals surface area contributed by atoms with E-state index in [2.05, 4.69) is 30.8 Å². The summed E-state index contributed by atoms with van der Waals surface area (Å²) < 4.78 is 5.42. The van der Waals surface area contributed by atoms with Gasteiger partial charge in [0.2, 0.25) is 17.8 Å². The van der Waals surface area contributed by atoms with Crippen molar-refractivity contribution in [3.63, 3.8) is 0 Å². The smallest absolute Gasteiger partial charge is 0.250 e. The first-order chi connectivity index (χ1) is 14.7. The molecule has 2 heterocycles. The predicted molar refractivity (Wildman–Crippen MR) is 120 cm³/mol. The molecule has 1 saturated heterocycles. The Balaban J connectivity index is 1.58. The second kappa shape index (κ2) is 9.71. The third kappa shape index (κ3) is 5.15. The normalized spacial score (nSPS) is 14.1. The Morgan fingerprint density at radius 1 is 0.933 bits per heavy atom. The summed E-state index contributed by atoms with van der Waals surface area (Å²) in [6, 6.07) is 15.0. The van der Waals surface area contributed by atoms with Gasteiger partial charge in [-0.05, 0) is 18.2 Å². The molecular weight excluding hydrogens is 425 g/mol. The standard InChI is InChI=1S/C20H19Cl2N7O/c21-16-8-4-5-14(17(16)22)13-23-28-19-25-18(24-15-6-2-1-3-7-15)26-20(27-19)29-9-11-30-12-10-29/h1-8,13H,9-12H2,(H2,24,25,26,27,28). The maximum Gasteiger partial charge on any atom is 0.250 e. The van der Waals surface area contributed by atoms with Gasteiger partial charge in [0.05, 0.1) is 29.5 Å². The first-order valence-corrected chi connectivity index (χ1v) is 10.1. The van der Waals surface area contributed by atoms with Crippen LogP contribution >= 0.6 is 23.2 Å². The third-order valence-corrected chi connectivity index (χ3v) is 5.13. The number of benzene rings is 2. The van der Waals surface area contributed by atoms with Gasteiger partial charge in [0.25, 0.3) is 0 Å². The lowest BCUT2D eigenvalue weighted by atomic mass is 10.2. The minimum atomic E-state index is 0.305. The fourth-order valence-corrected chi connectivity index (χ4v) is 3.16. The molecule has 0 radical (unpaired) electrons. The van der Waals surface area contributed by atoms with Gasteiger partial charge in [-0.25, -0.2) is 5.43 Å². The molecule has 1 aliphatic heterocycles. The first-order valence-electron chi connectivity index (χ1n) is 9.33. The van der Waals surface area contributed by atoms with Gasteiger partial charge >= 0.3 is 0 Å². The molecule has 8 nitrogen and oxygen atoms in total. The summed E-state index contributed by atoms with van der Waals surface area (Å²) in [4.78, 5) is 15.5.